The third-order valence-corrected chi connectivity index (χ3v) is 2.58. The zero-order valence-corrected chi connectivity index (χ0v) is 8.09. The molecule has 2 heterocycles. The van der Waals surface area contributed by atoms with Crippen LogP contribution in [0.25, 0.3) is 22.5 Å². The van der Waals surface area contributed by atoms with Crippen molar-refractivity contribution in [1.29, 1.82) is 0 Å². The first kappa shape index (κ1) is 8.17. The molecule has 0 spiro atoms. The Morgan fingerprint density at radius 2 is 2.13 bits per heavy atom. The summed E-state index contributed by atoms with van der Waals surface area (Å²) in [6.07, 6.45) is 5.52. The Kier molecular flexibility index (Phi) is 1.59. The lowest BCUT2D eigenvalue weighted by atomic mass is 10.1. The van der Waals surface area contributed by atoms with E-state index in [2.05, 4.69) is 22.8 Å². The van der Waals surface area contributed by atoms with Gasteiger partial charge in [0.15, 0.2) is 5.65 Å². The van der Waals surface area contributed by atoms with Gasteiger partial charge in [0.2, 0.25) is 0 Å². The van der Waals surface area contributed by atoms with Gasteiger partial charge in [-0.1, -0.05) is 30.9 Å². The van der Waals surface area contributed by atoms with Crippen LogP contribution in [0.2, 0.25) is 0 Å². The Morgan fingerprint density at radius 3 is 3.00 bits per heavy atom. The van der Waals surface area contributed by atoms with Crippen LogP contribution in [0.5, 0.6) is 0 Å². The third-order valence-electron chi connectivity index (χ3n) is 2.58. The fourth-order valence-corrected chi connectivity index (χ4v) is 1.84. The van der Waals surface area contributed by atoms with Crippen molar-refractivity contribution in [2.24, 2.45) is 0 Å². The van der Waals surface area contributed by atoms with Crippen LogP contribution in [0, 0.1) is 0 Å². The van der Waals surface area contributed by atoms with E-state index in [0.717, 1.165) is 22.0 Å². The second-order valence-electron chi connectivity index (χ2n) is 3.39. The summed E-state index contributed by atoms with van der Waals surface area (Å²) in [4.78, 5) is 0. The van der Waals surface area contributed by atoms with Crippen LogP contribution in [-0.2, 0) is 0 Å². The molecular weight excluding hydrogens is 186 g/mol. The van der Waals surface area contributed by atoms with E-state index in [-0.39, 0.29) is 0 Å². The van der Waals surface area contributed by atoms with Gasteiger partial charge in [-0.25, -0.2) is 0 Å². The highest BCUT2D eigenvalue weighted by Crippen LogP contribution is 2.22. The number of fused-ring (bicyclic) bond motifs is 3. The summed E-state index contributed by atoms with van der Waals surface area (Å²) in [6, 6.07) is 8.16. The quantitative estimate of drug-likeness (QED) is 0.597. The average Bonchev–Trinajstić information content (AvgIpc) is 2.76. The van der Waals surface area contributed by atoms with Gasteiger partial charge in [-0.05, 0) is 17.0 Å². The molecule has 0 bridgehead atoms. The molecule has 0 atom stereocenters. The van der Waals surface area contributed by atoms with Gasteiger partial charge in [0.25, 0.3) is 0 Å². The zero-order valence-electron chi connectivity index (χ0n) is 8.09. The van der Waals surface area contributed by atoms with Gasteiger partial charge in [0.1, 0.15) is 6.33 Å². The molecule has 2 aromatic heterocycles. The van der Waals surface area contributed by atoms with E-state index < -0.39 is 0 Å². The number of hydrogen-bond acceptors (Lipinski definition) is 2. The molecule has 0 saturated heterocycles. The van der Waals surface area contributed by atoms with E-state index in [4.69, 9.17) is 0 Å². The Labute approximate surface area is 86.7 Å². The van der Waals surface area contributed by atoms with Crippen molar-refractivity contribution in [3.63, 3.8) is 0 Å². The molecule has 3 rings (SSSR count). The number of benzene rings is 1. The van der Waals surface area contributed by atoms with Gasteiger partial charge >= 0.3 is 0 Å². The molecular formula is C12H9N3. The molecule has 0 saturated carbocycles. The van der Waals surface area contributed by atoms with E-state index in [1.807, 2.05) is 34.9 Å². The van der Waals surface area contributed by atoms with Crippen molar-refractivity contribution in [3.8, 4) is 0 Å². The van der Waals surface area contributed by atoms with E-state index in [1.54, 1.807) is 6.33 Å². The molecule has 0 amide bonds. The normalized spacial score (nSPS) is 10.9. The molecule has 0 radical (unpaired) electrons. The van der Waals surface area contributed by atoms with E-state index in [9.17, 15) is 0 Å². The van der Waals surface area contributed by atoms with Crippen molar-refractivity contribution in [1.82, 2.24) is 14.6 Å². The fraction of sp³-hybridized carbons (Fsp3) is 0. The maximum absolute atomic E-state index is 4.10. The van der Waals surface area contributed by atoms with Gasteiger partial charge in [-0.15, -0.1) is 10.2 Å². The van der Waals surface area contributed by atoms with Gasteiger partial charge < -0.3 is 0 Å². The predicted octanol–water partition coefficient (Wildman–Crippen LogP) is 2.53. The lowest BCUT2D eigenvalue weighted by Gasteiger charge is -2.02. The topological polar surface area (TPSA) is 30.2 Å². The van der Waals surface area contributed by atoms with Crippen LogP contribution >= 0.6 is 0 Å². The predicted molar refractivity (Wildman–Crippen MR) is 60.6 cm³/mol. The Bertz CT molecular complexity index is 652. The summed E-state index contributed by atoms with van der Waals surface area (Å²) in [5, 5.41) is 10.3. The lowest BCUT2D eigenvalue weighted by Crippen LogP contribution is -1.86. The third kappa shape index (κ3) is 1.06. The summed E-state index contributed by atoms with van der Waals surface area (Å²) in [6.45, 7) is 3.81. The number of hydrogen-bond donors (Lipinski definition) is 0. The molecule has 0 fully saturated rings. The smallest absolute Gasteiger partial charge is 0.168 e. The van der Waals surface area contributed by atoms with Gasteiger partial charge in [0, 0.05) is 11.6 Å². The van der Waals surface area contributed by atoms with Crippen LogP contribution in [0.15, 0.2) is 43.4 Å². The summed E-state index contributed by atoms with van der Waals surface area (Å²) >= 11 is 0. The summed E-state index contributed by atoms with van der Waals surface area (Å²) in [5.41, 5.74) is 2.01. The maximum atomic E-state index is 4.10. The number of aromatic nitrogens is 3. The minimum atomic E-state index is 0.885. The van der Waals surface area contributed by atoms with Crippen LogP contribution < -0.4 is 0 Å². The molecule has 3 aromatic rings. The molecule has 0 aliphatic carbocycles. The maximum Gasteiger partial charge on any atom is 0.168 e. The van der Waals surface area contributed by atoms with Crippen molar-refractivity contribution in [2.45, 2.75) is 0 Å². The second-order valence-corrected chi connectivity index (χ2v) is 3.39. The molecule has 0 aliphatic heterocycles. The lowest BCUT2D eigenvalue weighted by molar-refractivity contribution is 1.10. The highest BCUT2D eigenvalue weighted by atomic mass is 15.2. The summed E-state index contributed by atoms with van der Waals surface area (Å²) < 4.78 is 1.91. The highest BCUT2D eigenvalue weighted by molar-refractivity contribution is 5.98. The van der Waals surface area contributed by atoms with Crippen molar-refractivity contribution >= 4 is 22.5 Å². The molecule has 3 heteroatoms. The Hall–Kier alpha value is -2.16. The fourth-order valence-electron chi connectivity index (χ4n) is 1.84. The highest BCUT2D eigenvalue weighted by Gasteiger charge is 2.03. The number of nitrogens with zero attached hydrogens (tertiary/aromatic N) is 3. The van der Waals surface area contributed by atoms with Crippen LogP contribution in [0.3, 0.4) is 0 Å². The van der Waals surface area contributed by atoms with Gasteiger partial charge in [-0.2, -0.15) is 0 Å². The SMILES string of the molecule is C=Cc1cccc2c1ccn1cnnc21. The Morgan fingerprint density at radius 1 is 1.20 bits per heavy atom. The number of rotatable bonds is 1. The zero-order chi connectivity index (χ0) is 10.3. The van der Waals surface area contributed by atoms with Crippen molar-refractivity contribution < 1.29 is 0 Å². The van der Waals surface area contributed by atoms with E-state index in [0.29, 0.717) is 0 Å². The monoisotopic (exact) mass is 195 g/mol. The van der Waals surface area contributed by atoms with Crippen LogP contribution in [-0.4, -0.2) is 14.6 Å². The molecule has 0 N–H and O–H groups in total. The molecule has 0 unspecified atom stereocenters. The minimum absolute atomic E-state index is 0.885. The largest absolute Gasteiger partial charge is 0.289 e. The molecule has 3 nitrogen and oxygen atoms in total. The van der Waals surface area contributed by atoms with Gasteiger partial charge in [0.05, 0.1) is 0 Å². The first-order chi connectivity index (χ1) is 7.40. The first-order valence-corrected chi connectivity index (χ1v) is 4.73. The van der Waals surface area contributed by atoms with E-state index in [1.165, 1.54) is 0 Å². The van der Waals surface area contributed by atoms with Gasteiger partial charge in [-0.3, -0.25) is 4.40 Å². The molecule has 15 heavy (non-hydrogen) atoms. The van der Waals surface area contributed by atoms with E-state index >= 15 is 0 Å². The Balaban J connectivity index is 2.59. The number of pyridine rings is 1. The molecule has 1 aromatic carbocycles. The molecule has 0 aliphatic rings. The minimum Gasteiger partial charge on any atom is -0.289 e. The average molecular weight is 195 g/mol. The van der Waals surface area contributed by atoms with Crippen LogP contribution in [0.1, 0.15) is 5.56 Å². The van der Waals surface area contributed by atoms with Crippen molar-refractivity contribution in [3.05, 3.63) is 48.9 Å². The summed E-state index contributed by atoms with van der Waals surface area (Å²) in [7, 11) is 0. The standard InChI is InChI=1S/C12H9N3/c1-2-9-4-3-5-11-10(9)6-7-15-8-13-14-12(11)15/h2-8H,1H2. The summed E-state index contributed by atoms with van der Waals surface area (Å²) in [5.74, 6) is 0. The molecule has 72 valence electrons. The van der Waals surface area contributed by atoms with Crippen molar-refractivity contribution in [2.75, 3.05) is 0 Å². The second kappa shape index (κ2) is 2.92. The first-order valence-electron chi connectivity index (χ1n) is 4.73. The van der Waals surface area contributed by atoms with Crippen LogP contribution in [0.4, 0.5) is 0 Å².